The molecule has 1 aliphatic rings. The summed E-state index contributed by atoms with van der Waals surface area (Å²) in [6.45, 7) is 1.64. The van der Waals surface area contributed by atoms with E-state index in [1.807, 2.05) is 0 Å². The number of hydrogen-bond donors (Lipinski definition) is 4. The number of phenolic OH excluding ortho intramolecular Hbond substituents is 1. The Morgan fingerprint density at radius 3 is 2.65 bits per heavy atom. The van der Waals surface area contributed by atoms with E-state index in [1.165, 1.54) is 12.1 Å². The average Bonchev–Trinajstić information content (AvgIpc) is 2.56. The summed E-state index contributed by atoms with van der Waals surface area (Å²) in [6.07, 6.45) is 0. The molecule has 1 heterocycles. The van der Waals surface area contributed by atoms with Gasteiger partial charge in [-0.2, -0.15) is 0 Å². The molecular formula is C18H15Cl2N3O3. The highest BCUT2D eigenvalue weighted by Crippen LogP contribution is 2.32. The second-order valence-electron chi connectivity index (χ2n) is 5.75. The van der Waals surface area contributed by atoms with Gasteiger partial charge in [-0.1, -0.05) is 35.3 Å². The van der Waals surface area contributed by atoms with Crippen molar-refractivity contribution >= 4 is 40.8 Å². The van der Waals surface area contributed by atoms with E-state index >= 15 is 0 Å². The number of urea groups is 1. The number of hydrogen-bond acceptors (Lipinski definition) is 3. The zero-order valence-corrected chi connectivity index (χ0v) is 15.2. The Morgan fingerprint density at radius 1 is 1.19 bits per heavy atom. The number of carbonyl (C=O) groups is 2. The van der Waals surface area contributed by atoms with E-state index in [-0.39, 0.29) is 10.8 Å². The molecule has 1 aliphatic heterocycles. The summed E-state index contributed by atoms with van der Waals surface area (Å²) < 4.78 is 0. The molecule has 2 aromatic rings. The van der Waals surface area contributed by atoms with Crippen molar-refractivity contribution in [2.45, 2.75) is 13.0 Å². The molecular weight excluding hydrogens is 377 g/mol. The first-order valence-electron chi connectivity index (χ1n) is 7.69. The van der Waals surface area contributed by atoms with Crippen LogP contribution in [0.5, 0.6) is 5.75 Å². The Bertz CT molecular complexity index is 928. The quantitative estimate of drug-likeness (QED) is 0.637. The van der Waals surface area contributed by atoms with Crippen LogP contribution >= 0.6 is 23.2 Å². The molecule has 0 aliphatic carbocycles. The molecule has 0 saturated heterocycles. The number of anilines is 1. The first-order valence-corrected chi connectivity index (χ1v) is 8.44. The molecule has 0 fully saturated rings. The second kappa shape index (κ2) is 7.27. The molecule has 4 N–H and O–H groups in total. The molecule has 0 bridgehead atoms. The molecule has 1 atom stereocenters. The fraction of sp³-hybridized carbons (Fsp3) is 0.111. The number of halogens is 2. The van der Waals surface area contributed by atoms with Crippen molar-refractivity contribution in [1.82, 2.24) is 10.6 Å². The Labute approximate surface area is 159 Å². The molecule has 134 valence electrons. The van der Waals surface area contributed by atoms with Gasteiger partial charge in [-0.3, -0.25) is 4.79 Å². The van der Waals surface area contributed by atoms with Crippen LogP contribution in [0.4, 0.5) is 10.5 Å². The van der Waals surface area contributed by atoms with Crippen LogP contribution in [0.2, 0.25) is 10.0 Å². The summed E-state index contributed by atoms with van der Waals surface area (Å²) in [7, 11) is 0. The molecule has 0 unspecified atom stereocenters. The van der Waals surface area contributed by atoms with Gasteiger partial charge in [0.2, 0.25) is 0 Å². The predicted octanol–water partition coefficient (Wildman–Crippen LogP) is 3.97. The molecule has 6 nitrogen and oxygen atoms in total. The zero-order valence-electron chi connectivity index (χ0n) is 13.6. The summed E-state index contributed by atoms with van der Waals surface area (Å²) in [5, 5.41) is 18.3. The van der Waals surface area contributed by atoms with E-state index in [1.54, 1.807) is 37.3 Å². The Balaban J connectivity index is 1.97. The zero-order chi connectivity index (χ0) is 18.8. The Kier molecular flexibility index (Phi) is 5.06. The van der Waals surface area contributed by atoms with E-state index in [9.17, 15) is 14.7 Å². The van der Waals surface area contributed by atoms with Crippen LogP contribution in [0.3, 0.4) is 0 Å². The number of allylic oxidation sites excluding steroid dienone is 1. The number of aromatic hydroxyl groups is 1. The minimum absolute atomic E-state index is 0.0821. The lowest BCUT2D eigenvalue weighted by Gasteiger charge is -2.28. The van der Waals surface area contributed by atoms with Crippen molar-refractivity contribution in [3.8, 4) is 5.75 Å². The number of amides is 3. The van der Waals surface area contributed by atoms with Crippen LogP contribution in [0, 0.1) is 0 Å². The summed E-state index contributed by atoms with van der Waals surface area (Å²) >= 11 is 11.9. The molecule has 0 spiro atoms. The van der Waals surface area contributed by atoms with Gasteiger partial charge in [-0.05, 0) is 42.8 Å². The van der Waals surface area contributed by atoms with Gasteiger partial charge in [0.25, 0.3) is 5.91 Å². The summed E-state index contributed by atoms with van der Waals surface area (Å²) in [5.41, 5.74) is 1.84. The second-order valence-corrected chi connectivity index (χ2v) is 6.59. The van der Waals surface area contributed by atoms with E-state index in [4.69, 9.17) is 23.2 Å². The number of phenols is 1. The van der Waals surface area contributed by atoms with Crippen LogP contribution in [0.15, 0.2) is 53.7 Å². The first kappa shape index (κ1) is 18.1. The van der Waals surface area contributed by atoms with Crippen LogP contribution in [-0.4, -0.2) is 17.0 Å². The van der Waals surface area contributed by atoms with Gasteiger partial charge in [-0.15, -0.1) is 0 Å². The first-order chi connectivity index (χ1) is 12.3. The van der Waals surface area contributed by atoms with E-state index < -0.39 is 18.0 Å². The van der Waals surface area contributed by atoms with Gasteiger partial charge in [0.1, 0.15) is 5.75 Å². The maximum atomic E-state index is 12.8. The number of carbonyl (C=O) groups excluding carboxylic acids is 2. The van der Waals surface area contributed by atoms with Crippen LogP contribution in [0.1, 0.15) is 18.5 Å². The standard InChI is InChI=1S/C18H15Cl2N3O3/c1-9-15(17(25)22-12-4-2-3-11(19)8-12)16(23-18(26)21-9)10-5-6-14(24)13(20)7-10/h2-8,16,24H,1H3,(H,22,25)(H2,21,23,26)/t16-/m1/s1. The molecule has 3 rings (SSSR count). The largest absolute Gasteiger partial charge is 0.506 e. The molecule has 8 heteroatoms. The third kappa shape index (κ3) is 3.76. The molecule has 0 aromatic heterocycles. The van der Waals surface area contributed by atoms with Gasteiger partial charge in [0, 0.05) is 16.4 Å². The van der Waals surface area contributed by atoms with E-state index in [0.29, 0.717) is 27.5 Å². The summed E-state index contributed by atoms with van der Waals surface area (Å²) in [5.74, 6) is -0.479. The molecule has 3 amide bonds. The van der Waals surface area contributed by atoms with Crippen molar-refractivity contribution in [3.05, 3.63) is 69.3 Å². The Hall–Kier alpha value is -2.70. The fourth-order valence-electron chi connectivity index (χ4n) is 2.71. The lowest BCUT2D eigenvalue weighted by Crippen LogP contribution is -2.45. The van der Waals surface area contributed by atoms with Crippen molar-refractivity contribution in [1.29, 1.82) is 0 Å². The Morgan fingerprint density at radius 2 is 1.96 bits per heavy atom. The fourth-order valence-corrected chi connectivity index (χ4v) is 3.09. The normalized spacial score (nSPS) is 16.7. The highest BCUT2D eigenvalue weighted by molar-refractivity contribution is 6.32. The van der Waals surface area contributed by atoms with Gasteiger partial charge < -0.3 is 21.1 Å². The maximum Gasteiger partial charge on any atom is 0.319 e. The smallest absolute Gasteiger partial charge is 0.319 e. The highest BCUT2D eigenvalue weighted by Gasteiger charge is 2.31. The molecule has 0 saturated carbocycles. The summed E-state index contributed by atoms with van der Waals surface area (Å²) in [4.78, 5) is 24.7. The SMILES string of the molecule is CC1=C(C(=O)Nc2cccc(Cl)c2)[C@@H](c2ccc(O)c(Cl)c2)NC(=O)N1. The van der Waals surface area contributed by atoms with E-state index in [2.05, 4.69) is 16.0 Å². The van der Waals surface area contributed by atoms with E-state index in [0.717, 1.165) is 0 Å². The van der Waals surface area contributed by atoms with Gasteiger partial charge in [0.15, 0.2) is 0 Å². The van der Waals surface area contributed by atoms with Gasteiger partial charge in [0.05, 0.1) is 16.6 Å². The van der Waals surface area contributed by atoms with Gasteiger partial charge in [-0.25, -0.2) is 4.79 Å². The topological polar surface area (TPSA) is 90.5 Å². The minimum Gasteiger partial charge on any atom is -0.506 e. The van der Waals surface area contributed by atoms with Crippen LogP contribution < -0.4 is 16.0 Å². The lowest BCUT2D eigenvalue weighted by atomic mass is 9.94. The third-order valence-electron chi connectivity index (χ3n) is 3.90. The number of nitrogens with one attached hydrogen (secondary N) is 3. The minimum atomic E-state index is -0.721. The number of rotatable bonds is 3. The highest BCUT2D eigenvalue weighted by atomic mass is 35.5. The van der Waals surface area contributed by atoms with Crippen molar-refractivity contribution in [2.75, 3.05) is 5.32 Å². The predicted molar refractivity (Wildman–Crippen MR) is 100 cm³/mol. The van der Waals surface area contributed by atoms with Crippen molar-refractivity contribution in [2.24, 2.45) is 0 Å². The average molecular weight is 392 g/mol. The van der Waals surface area contributed by atoms with Crippen LogP contribution in [-0.2, 0) is 4.79 Å². The molecule has 0 radical (unpaired) electrons. The number of benzene rings is 2. The maximum absolute atomic E-state index is 12.8. The monoisotopic (exact) mass is 391 g/mol. The molecule has 2 aromatic carbocycles. The lowest BCUT2D eigenvalue weighted by molar-refractivity contribution is -0.113. The summed E-state index contributed by atoms with van der Waals surface area (Å²) in [6, 6.07) is 10.1. The third-order valence-corrected chi connectivity index (χ3v) is 4.44. The van der Waals surface area contributed by atoms with Crippen LogP contribution in [0.25, 0.3) is 0 Å². The van der Waals surface area contributed by atoms with Crippen molar-refractivity contribution in [3.63, 3.8) is 0 Å². The van der Waals surface area contributed by atoms with Crippen molar-refractivity contribution < 1.29 is 14.7 Å². The molecule has 26 heavy (non-hydrogen) atoms. The van der Waals surface area contributed by atoms with Gasteiger partial charge >= 0.3 is 6.03 Å².